The van der Waals surface area contributed by atoms with Crippen LogP contribution in [0.2, 0.25) is 0 Å². The van der Waals surface area contributed by atoms with E-state index in [1.54, 1.807) is 35.4 Å². The number of thiazole rings is 1. The van der Waals surface area contributed by atoms with Crippen LogP contribution in [0.3, 0.4) is 0 Å². The fraction of sp³-hybridized carbons (Fsp3) is 0.421. The van der Waals surface area contributed by atoms with Crippen LogP contribution in [-0.2, 0) is 14.3 Å². The number of nitrogens with zero attached hydrogens (tertiary/aromatic N) is 2. The molecule has 0 radical (unpaired) electrons. The first-order valence-electron chi connectivity index (χ1n) is 8.78. The Morgan fingerprint density at radius 2 is 2.12 bits per heavy atom. The van der Waals surface area contributed by atoms with Gasteiger partial charge in [0.25, 0.3) is 5.91 Å². The van der Waals surface area contributed by atoms with E-state index in [-0.39, 0.29) is 11.9 Å². The van der Waals surface area contributed by atoms with E-state index < -0.39 is 12.1 Å². The minimum Gasteiger partial charge on any atom is -0.449 e. The number of anilines is 1. The Bertz CT molecular complexity index is 735. The van der Waals surface area contributed by atoms with E-state index in [2.05, 4.69) is 4.98 Å². The van der Waals surface area contributed by atoms with Crippen molar-refractivity contribution in [1.82, 2.24) is 4.98 Å². The zero-order valence-corrected chi connectivity index (χ0v) is 16.3. The number of ether oxygens (including phenoxy) is 1. The molecule has 7 heteroatoms. The lowest BCUT2D eigenvalue weighted by Gasteiger charge is -2.33. The maximum atomic E-state index is 13.0. The van der Waals surface area contributed by atoms with Gasteiger partial charge in [-0.1, -0.05) is 19.3 Å². The number of carbonyl (C=O) groups is 2. The summed E-state index contributed by atoms with van der Waals surface area (Å²) in [7, 11) is 0. The van der Waals surface area contributed by atoms with E-state index in [0.717, 1.165) is 31.2 Å². The van der Waals surface area contributed by atoms with E-state index in [1.807, 2.05) is 22.2 Å². The van der Waals surface area contributed by atoms with E-state index in [9.17, 15) is 9.59 Å². The van der Waals surface area contributed by atoms with Gasteiger partial charge in [-0.05, 0) is 48.2 Å². The number of carbonyl (C=O) groups excluding carboxylic acids is 2. The lowest BCUT2D eigenvalue weighted by atomic mass is 9.94. The molecule has 0 aliphatic heterocycles. The highest BCUT2D eigenvalue weighted by Crippen LogP contribution is 2.29. The lowest BCUT2D eigenvalue weighted by Crippen LogP contribution is -2.47. The fourth-order valence-electron chi connectivity index (χ4n) is 3.10. The summed E-state index contributed by atoms with van der Waals surface area (Å²) in [6.45, 7) is 1.63. The Hall–Kier alpha value is -1.99. The second-order valence-corrected chi connectivity index (χ2v) is 7.94. The molecule has 2 aromatic rings. The van der Waals surface area contributed by atoms with Gasteiger partial charge in [0.05, 0.1) is 0 Å². The van der Waals surface area contributed by atoms with E-state index >= 15 is 0 Å². The highest BCUT2D eigenvalue weighted by atomic mass is 32.1. The van der Waals surface area contributed by atoms with Crippen LogP contribution in [0.4, 0.5) is 5.13 Å². The summed E-state index contributed by atoms with van der Waals surface area (Å²) in [5.41, 5.74) is 0.942. The maximum Gasteiger partial charge on any atom is 0.331 e. The zero-order chi connectivity index (χ0) is 18.4. The Morgan fingerprint density at radius 3 is 2.77 bits per heavy atom. The molecule has 0 bridgehead atoms. The van der Waals surface area contributed by atoms with E-state index in [4.69, 9.17) is 4.74 Å². The third-order valence-electron chi connectivity index (χ3n) is 4.40. The van der Waals surface area contributed by atoms with Gasteiger partial charge in [-0.15, -0.1) is 11.3 Å². The molecule has 26 heavy (non-hydrogen) atoms. The van der Waals surface area contributed by atoms with Crippen molar-refractivity contribution in [2.75, 3.05) is 4.90 Å². The number of rotatable bonds is 6. The van der Waals surface area contributed by atoms with Crippen molar-refractivity contribution in [3.63, 3.8) is 0 Å². The molecule has 1 aliphatic rings. The van der Waals surface area contributed by atoms with Crippen molar-refractivity contribution >= 4 is 45.8 Å². The minimum absolute atomic E-state index is 0.130. The smallest absolute Gasteiger partial charge is 0.331 e. The Labute approximate surface area is 161 Å². The summed E-state index contributed by atoms with van der Waals surface area (Å²) in [4.78, 5) is 31.1. The number of thiophene rings is 1. The molecule has 5 nitrogen and oxygen atoms in total. The van der Waals surface area contributed by atoms with Crippen LogP contribution in [0, 0.1) is 0 Å². The van der Waals surface area contributed by atoms with E-state index in [0.29, 0.717) is 5.13 Å². The average molecular weight is 391 g/mol. The molecule has 2 heterocycles. The number of aromatic nitrogens is 1. The van der Waals surface area contributed by atoms with Crippen LogP contribution in [0.5, 0.6) is 0 Å². The van der Waals surface area contributed by atoms with Gasteiger partial charge in [-0.2, -0.15) is 11.3 Å². The van der Waals surface area contributed by atoms with Gasteiger partial charge >= 0.3 is 5.97 Å². The number of esters is 1. The normalized spacial score (nSPS) is 16.5. The van der Waals surface area contributed by atoms with Crippen LogP contribution in [0.25, 0.3) is 6.08 Å². The van der Waals surface area contributed by atoms with Crippen LogP contribution >= 0.6 is 22.7 Å². The summed E-state index contributed by atoms with van der Waals surface area (Å²) in [5, 5.41) is 6.41. The summed E-state index contributed by atoms with van der Waals surface area (Å²) >= 11 is 3.00. The molecule has 1 fully saturated rings. The molecule has 1 aliphatic carbocycles. The van der Waals surface area contributed by atoms with Gasteiger partial charge in [0.2, 0.25) is 0 Å². The standard InChI is InChI=1S/C19H22N2O3S2/c1-14(24-17(22)8-7-15-9-11-25-13-15)18(23)21(19-20-10-12-26-19)16-5-3-2-4-6-16/h7-14,16H,2-6H2,1H3/b8-7+. The Kier molecular flexibility index (Phi) is 6.57. The van der Waals surface area contributed by atoms with Crippen molar-refractivity contribution in [1.29, 1.82) is 0 Å². The van der Waals surface area contributed by atoms with Crippen molar-refractivity contribution in [2.45, 2.75) is 51.2 Å². The molecule has 0 aromatic carbocycles. The summed E-state index contributed by atoms with van der Waals surface area (Å²) in [6, 6.07) is 2.04. The zero-order valence-electron chi connectivity index (χ0n) is 14.7. The van der Waals surface area contributed by atoms with Gasteiger partial charge in [-0.25, -0.2) is 9.78 Å². The van der Waals surface area contributed by atoms with Crippen LogP contribution < -0.4 is 4.90 Å². The van der Waals surface area contributed by atoms with E-state index in [1.165, 1.54) is 23.8 Å². The van der Waals surface area contributed by atoms with Gasteiger partial charge < -0.3 is 4.74 Å². The monoisotopic (exact) mass is 390 g/mol. The first-order chi connectivity index (χ1) is 12.6. The topological polar surface area (TPSA) is 59.5 Å². The predicted octanol–water partition coefficient (Wildman–Crippen LogP) is 4.52. The predicted molar refractivity (Wildman–Crippen MR) is 105 cm³/mol. The first-order valence-corrected chi connectivity index (χ1v) is 10.6. The molecule has 1 unspecified atom stereocenters. The van der Waals surface area contributed by atoms with Crippen LogP contribution in [0.1, 0.15) is 44.6 Å². The lowest BCUT2D eigenvalue weighted by molar-refractivity contribution is -0.149. The molecule has 3 rings (SSSR count). The SMILES string of the molecule is CC(OC(=O)/C=C/c1ccsc1)C(=O)N(c1nccs1)C1CCCCC1. The molecule has 1 amide bonds. The highest BCUT2D eigenvalue weighted by molar-refractivity contribution is 7.13. The molecule has 1 atom stereocenters. The summed E-state index contributed by atoms with van der Waals surface area (Å²) < 4.78 is 5.34. The molecular formula is C19H22N2O3S2. The molecular weight excluding hydrogens is 368 g/mol. The third-order valence-corrected chi connectivity index (χ3v) is 5.87. The van der Waals surface area contributed by atoms with Crippen molar-refractivity contribution in [3.8, 4) is 0 Å². The summed E-state index contributed by atoms with van der Waals surface area (Å²) in [5.74, 6) is -0.719. The van der Waals surface area contributed by atoms with Gasteiger partial charge in [0, 0.05) is 23.7 Å². The van der Waals surface area contributed by atoms with Crippen molar-refractivity contribution < 1.29 is 14.3 Å². The van der Waals surface area contributed by atoms with Gasteiger partial charge in [0.15, 0.2) is 11.2 Å². The maximum absolute atomic E-state index is 13.0. The van der Waals surface area contributed by atoms with Crippen molar-refractivity contribution in [2.24, 2.45) is 0 Å². The molecule has 0 spiro atoms. The number of hydrogen-bond acceptors (Lipinski definition) is 6. The minimum atomic E-state index is -0.847. The molecule has 1 saturated carbocycles. The Balaban J connectivity index is 1.66. The first kappa shape index (κ1) is 18.8. The Morgan fingerprint density at radius 1 is 1.31 bits per heavy atom. The second kappa shape index (κ2) is 9.09. The summed E-state index contributed by atoms with van der Waals surface area (Å²) in [6.07, 6.45) is 9.25. The van der Waals surface area contributed by atoms with Crippen molar-refractivity contribution in [3.05, 3.63) is 40.0 Å². The fourth-order valence-corrected chi connectivity index (χ4v) is 4.44. The molecule has 2 aromatic heterocycles. The van der Waals surface area contributed by atoms with Gasteiger partial charge in [0.1, 0.15) is 0 Å². The van der Waals surface area contributed by atoms with Crippen LogP contribution in [-0.4, -0.2) is 29.0 Å². The average Bonchev–Trinajstić information content (AvgIpc) is 3.35. The molecule has 0 N–H and O–H groups in total. The van der Waals surface area contributed by atoms with Gasteiger partial charge in [-0.3, -0.25) is 9.69 Å². The molecule has 138 valence electrons. The largest absolute Gasteiger partial charge is 0.449 e. The number of amides is 1. The van der Waals surface area contributed by atoms with Crippen LogP contribution in [0.15, 0.2) is 34.5 Å². The third kappa shape index (κ3) is 4.80. The highest BCUT2D eigenvalue weighted by Gasteiger charge is 2.32. The molecule has 0 saturated heterocycles. The quantitative estimate of drug-likeness (QED) is 0.538. The number of hydrogen-bond donors (Lipinski definition) is 0. The second-order valence-electron chi connectivity index (χ2n) is 6.28.